The lowest BCUT2D eigenvalue weighted by Gasteiger charge is -2.46. The number of hydrogen-bond donors (Lipinski definition) is 0. The molecule has 7 heteroatoms. The molecule has 0 aromatic heterocycles. The Morgan fingerprint density at radius 2 is 1.55 bits per heavy atom. The molecular weight excluding hydrogens is 374 g/mol. The van der Waals surface area contributed by atoms with Crippen LogP contribution >= 0.6 is 0 Å². The van der Waals surface area contributed by atoms with Crippen LogP contribution in [0.1, 0.15) is 49.3 Å². The minimum atomic E-state index is -0.887. The number of amides is 1. The Bertz CT molecular complexity index is 825. The van der Waals surface area contributed by atoms with Gasteiger partial charge in [0, 0.05) is 34.0 Å². The molecule has 1 spiro atoms. The van der Waals surface area contributed by atoms with Crippen LogP contribution < -0.4 is 0 Å². The van der Waals surface area contributed by atoms with Crippen LogP contribution in [0.3, 0.4) is 0 Å². The summed E-state index contributed by atoms with van der Waals surface area (Å²) in [6, 6.07) is 5.82. The third-order valence-corrected chi connectivity index (χ3v) is 6.18. The van der Waals surface area contributed by atoms with Gasteiger partial charge in [-0.05, 0) is 43.4 Å². The average molecular weight is 403 g/mol. The average Bonchev–Trinajstić information content (AvgIpc) is 2.90. The van der Waals surface area contributed by atoms with Gasteiger partial charge in [0.2, 0.25) is 0 Å². The zero-order valence-electron chi connectivity index (χ0n) is 18.0. The normalized spacial score (nSPS) is 20.5. The highest BCUT2D eigenvalue weighted by molar-refractivity contribution is 6.23. The highest BCUT2D eigenvalue weighted by Crippen LogP contribution is 2.52. The van der Waals surface area contributed by atoms with E-state index in [4.69, 9.17) is 19.0 Å². The van der Waals surface area contributed by atoms with Gasteiger partial charge < -0.3 is 14.2 Å². The van der Waals surface area contributed by atoms with Crippen molar-refractivity contribution in [3.63, 3.8) is 0 Å². The number of rotatable bonds is 5. The van der Waals surface area contributed by atoms with Crippen molar-refractivity contribution in [2.24, 2.45) is 0 Å². The van der Waals surface area contributed by atoms with E-state index in [0.29, 0.717) is 37.0 Å². The van der Waals surface area contributed by atoms with E-state index in [1.54, 1.807) is 14.2 Å². The molecule has 1 aromatic rings. The predicted octanol–water partition coefficient (Wildman–Crippen LogP) is 3.28. The molecule has 0 saturated heterocycles. The number of aryl methyl sites for hydroxylation is 2. The Morgan fingerprint density at radius 1 is 1.00 bits per heavy atom. The minimum absolute atomic E-state index is 0.302. The molecule has 0 atom stereocenters. The molecule has 0 N–H and O–H groups in total. The third kappa shape index (κ3) is 3.37. The summed E-state index contributed by atoms with van der Waals surface area (Å²) in [6.45, 7) is 5.23. The van der Waals surface area contributed by atoms with Crippen molar-refractivity contribution in [1.29, 1.82) is 0 Å². The van der Waals surface area contributed by atoms with Crippen molar-refractivity contribution in [2.45, 2.75) is 57.8 Å². The van der Waals surface area contributed by atoms with Crippen LogP contribution in [0.15, 0.2) is 24.0 Å². The van der Waals surface area contributed by atoms with Crippen LogP contribution in [0.25, 0.3) is 5.57 Å². The first-order chi connectivity index (χ1) is 13.7. The molecule has 1 aromatic carbocycles. The van der Waals surface area contributed by atoms with Crippen molar-refractivity contribution in [3.05, 3.63) is 40.6 Å². The molecule has 0 radical (unpaired) electrons. The monoisotopic (exact) mass is 403 g/mol. The molecule has 1 fully saturated rings. The van der Waals surface area contributed by atoms with Gasteiger partial charge in [-0.2, -0.15) is 0 Å². The fraction of sp³-hybridized carbons (Fsp3) is 0.545. The topological polar surface area (TPSA) is 74.3 Å². The van der Waals surface area contributed by atoms with E-state index in [9.17, 15) is 9.59 Å². The van der Waals surface area contributed by atoms with Crippen molar-refractivity contribution < 1.29 is 28.6 Å². The zero-order valence-corrected chi connectivity index (χ0v) is 18.0. The quantitative estimate of drug-likeness (QED) is 0.555. The summed E-state index contributed by atoms with van der Waals surface area (Å²) in [4.78, 5) is 31.1. The van der Waals surface area contributed by atoms with E-state index in [1.807, 2.05) is 32.0 Å². The summed E-state index contributed by atoms with van der Waals surface area (Å²) in [6.07, 6.45) is 2.01. The summed E-state index contributed by atoms with van der Waals surface area (Å²) >= 11 is 0. The van der Waals surface area contributed by atoms with Gasteiger partial charge in [-0.3, -0.25) is 14.4 Å². The van der Waals surface area contributed by atoms with Gasteiger partial charge in [0.15, 0.2) is 5.79 Å². The second kappa shape index (κ2) is 7.89. The highest BCUT2D eigenvalue weighted by Gasteiger charge is 2.59. The first-order valence-electron chi connectivity index (χ1n) is 9.74. The van der Waals surface area contributed by atoms with Crippen LogP contribution in [-0.4, -0.2) is 49.6 Å². The molecule has 29 heavy (non-hydrogen) atoms. The maximum Gasteiger partial charge on any atom is 0.307 e. The van der Waals surface area contributed by atoms with E-state index < -0.39 is 17.3 Å². The Kier molecular flexibility index (Phi) is 5.85. The first kappa shape index (κ1) is 21.5. The fourth-order valence-electron chi connectivity index (χ4n) is 4.66. The molecule has 1 heterocycles. The van der Waals surface area contributed by atoms with Crippen LogP contribution in [-0.2, 0) is 28.6 Å². The molecule has 158 valence electrons. The molecule has 2 aliphatic rings. The minimum Gasteiger partial charge on any atom is -0.428 e. The van der Waals surface area contributed by atoms with E-state index in [-0.39, 0.29) is 5.91 Å². The first-order valence-corrected chi connectivity index (χ1v) is 9.74. The zero-order chi connectivity index (χ0) is 21.4. The molecule has 0 unspecified atom stereocenters. The van der Waals surface area contributed by atoms with Gasteiger partial charge in [-0.25, -0.2) is 5.06 Å². The van der Waals surface area contributed by atoms with Crippen LogP contribution in [0.5, 0.6) is 0 Å². The van der Waals surface area contributed by atoms with Gasteiger partial charge in [0.25, 0.3) is 5.91 Å². The van der Waals surface area contributed by atoms with Crippen LogP contribution in [0.2, 0.25) is 0 Å². The smallest absolute Gasteiger partial charge is 0.307 e. The molecule has 1 amide bonds. The van der Waals surface area contributed by atoms with Gasteiger partial charge in [0.1, 0.15) is 11.3 Å². The van der Waals surface area contributed by atoms with Crippen molar-refractivity contribution in [3.8, 4) is 0 Å². The Hall–Kier alpha value is -2.22. The molecule has 3 rings (SSSR count). The maximum atomic E-state index is 13.5. The molecular formula is C22H29NO6. The van der Waals surface area contributed by atoms with Crippen LogP contribution in [0, 0.1) is 13.8 Å². The molecule has 0 bridgehead atoms. The molecule has 7 nitrogen and oxygen atoms in total. The Balaban J connectivity index is 2.20. The van der Waals surface area contributed by atoms with Gasteiger partial charge >= 0.3 is 5.97 Å². The summed E-state index contributed by atoms with van der Waals surface area (Å²) in [5.74, 6) is -1.14. The van der Waals surface area contributed by atoms with Gasteiger partial charge in [0.05, 0.1) is 12.7 Å². The number of carbonyl (C=O) groups is 2. The van der Waals surface area contributed by atoms with Crippen LogP contribution in [0.4, 0.5) is 0 Å². The van der Waals surface area contributed by atoms with Gasteiger partial charge in [-0.15, -0.1) is 0 Å². The maximum absolute atomic E-state index is 13.5. The summed E-state index contributed by atoms with van der Waals surface area (Å²) in [7, 11) is 4.69. The number of methoxy groups -OCH3 is 2. The highest BCUT2D eigenvalue weighted by atomic mass is 16.7. The number of hydroxylamine groups is 2. The summed E-state index contributed by atoms with van der Waals surface area (Å²) < 4.78 is 16.9. The van der Waals surface area contributed by atoms with Crippen molar-refractivity contribution in [2.75, 3.05) is 21.3 Å². The van der Waals surface area contributed by atoms with E-state index in [1.165, 1.54) is 19.1 Å². The molecule has 1 aliphatic carbocycles. The number of ether oxygens (including phenoxy) is 3. The van der Waals surface area contributed by atoms with Crippen molar-refractivity contribution in [1.82, 2.24) is 5.06 Å². The summed E-state index contributed by atoms with van der Waals surface area (Å²) in [5, 5.41) is 1.36. The Morgan fingerprint density at radius 3 is 2.00 bits per heavy atom. The van der Waals surface area contributed by atoms with E-state index in [2.05, 4.69) is 0 Å². The fourth-order valence-corrected chi connectivity index (χ4v) is 4.66. The van der Waals surface area contributed by atoms with E-state index in [0.717, 1.165) is 16.7 Å². The lowest BCUT2D eigenvalue weighted by atomic mass is 9.77. The summed E-state index contributed by atoms with van der Waals surface area (Å²) in [5.41, 5.74) is 2.15. The predicted molar refractivity (Wildman–Crippen MR) is 106 cm³/mol. The molecule has 1 aliphatic heterocycles. The third-order valence-electron chi connectivity index (χ3n) is 6.18. The SMILES string of the molecule is CON1C(=O)C(c2c(C)cccc2C)=C(OC(C)=O)C12CCC(OC)(OC)CC2. The lowest BCUT2D eigenvalue weighted by Crippen LogP contribution is -2.54. The van der Waals surface area contributed by atoms with Gasteiger partial charge in [-0.1, -0.05) is 18.2 Å². The Labute approximate surface area is 171 Å². The van der Waals surface area contributed by atoms with E-state index >= 15 is 0 Å². The number of carbonyl (C=O) groups excluding carboxylic acids is 2. The number of benzene rings is 1. The standard InChI is InChI=1S/C22H29NO6/c1-14-8-7-9-15(2)17(14)18-19(29-16(3)24)21(23(28-6)20(18)25)10-12-22(26-4,27-5)13-11-21/h7-9H,10-13H2,1-6H3. The lowest BCUT2D eigenvalue weighted by molar-refractivity contribution is -0.255. The number of hydrogen-bond acceptors (Lipinski definition) is 6. The van der Waals surface area contributed by atoms with Crippen molar-refractivity contribution >= 4 is 17.4 Å². The molecule has 1 saturated carbocycles. The number of esters is 1. The second-order valence-corrected chi connectivity index (χ2v) is 7.70. The number of nitrogens with zero attached hydrogens (tertiary/aromatic N) is 1. The largest absolute Gasteiger partial charge is 0.428 e. The second-order valence-electron chi connectivity index (χ2n) is 7.70.